The summed E-state index contributed by atoms with van der Waals surface area (Å²) in [4.78, 5) is 30.0. The van der Waals surface area contributed by atoms with Crippen LogP contribution in [0.3, 0.4) is 0 Å². The molecular weight excluding hydrogens is 388 g/mol. The predicted octanol–water partition coefficient (Wildman–Crippen LogP) is 2.99. The maximum absolute atomic E-state index is 13.5. The molecule has 3 fully saturated rings. The smallest absolute Gasteiger partial charge is 0.178 e. The van der Waals surface area contributed by atoms with Crippen molar-refractivity contribution in [1.29, 1.82) is 0 Å². The number of nitrogens with zero attached hydrogens (tertiary/aromatic N) is 2. The highest BCUT2D eigenvalue weighted by Crippen LogP contribution is 2.65. The van der Waals surface area contributed by atoms with Gasteiger partial charge in [-0.1, -0.05) is 31.1 Å². The van der Waals surface area contributed by atoms with Gasteiger partial charge in [0.1, 0.15) is 5.60 Å². The number of aliphatic hydroxyl groups is 1. The van der Waals surface area contributed by atoms with Crippen molar-refractivity contribution in [2.45, 2.75) is 64.4 Å². The van der Waals surface area contributed by atoms with E-state index in [2.05, 4.69) is 36.8 Å². The molecule has 0 spiro atoms. The van der Waals surface area contributed by atoms with E-state index in [4.69, 9.17) is 0 Å². The van der Waals surface area contributed by atoms with Crippen LogP contribution in [-0.4, -0.2) is 71.8 Å². The Morgan fingerprint density at radius 2 is 1.87 bits per heavy atom. The van der Waals surface area contributed by atoms with E-state index in [0.29, 0.717) is 31.2 Å². The first kappa shape index (κ1) is 21.5. The van der Waals surface area contributed by atoms with Gasteiger partial charge in [0, 0.05) is 43.4 Å². The van der Waals surface area contributed by atoms with Gasteiger partial charge >= 0.3 is 0 Å². The second-order valence-corrected chi connectivity index (χ2v) is 11.4. The minimum Gasteiger partial charge on any atom is -0.381 e. The molecular formula is C26H38N2O3. The number of carbonyl (C=O) groups is 2. The summed E-state index contributed by atoms with van der Waals surface area (Å²) < 4.78 is 0. The van der Waals surface area contributed by atoms with E-state index >= 15 is 0 Å². The van der Waals surface area contributed by atoms with E-state index in [1.54, 1.807) is 0 Å². The molecule has 0 unspecified atom stereocenters. The molecule has 5 rings (SSSR count). The van der Waals surface area contributed by atoms with Crippen molar-refractivity contribution >= 4 is 11.6 Å². The second kappa shape index (κ2) is 7.36. The minimum atomic E-state index is -1.22. The van der Waals surface area contributed by atoms with E-state index in [0.717, 1.165) is 58.3 Å². The first-order valence-corrected chi connectivity index (χ1v) is 12.3. The first-order chi connectivity index (χ1) is 14.7. The van der Waals surface area contributed by atoms with Gasteiger partial charge in [0.25, 0.3) is 0 Å². The van der Waals surface area contributed by atoms with Crippen LogP contribution in [0.4, 0.5) is 0 Å². The predicted molar refractivity (Wildman–Crippen MR) is 121 cm³/mol. The molecule has 1 N–H and O–H groups in total. The SMILES string of the molecule is CN1CCN(CC(=O)[C@@]2(O)CC[C@H]3[C@@H]4CCC5=CC(=O)CC[C@]5(C)C4=CC[C@@]32C)CC1. The molecule has 0 aromatic heterocycles. The number of hydrogen-bond donors (Lipinski definition) is 1. The van der Waals surface area contributed by atoms with Crippen molar-refractivity contribution in [1.82, 2.24) is 9.80 Å². The minimum absolute atomic E-state index is 0.00268. The Balaban J connectivity index is 1.40. The Morgan fingerprint density at radius 3 is 2.61 bits per heavy atom. The summed E-state index contributed by atoms with van der Waals surface area (Å²) in [6, 6.07) is 0. The van der Waals surface area contributed by atoms with E-state index in [1.807, 2.05) is 6.08 Å². The fraction of sp³-hybridized carbons (Fsp3) is 0.769. The number of rotatable bonds is 3. The summed E-state index contributed by atoms with van der Waals surface area (Å²) in [6.45, 7) is 8.65. The van der Waals surface area contributed by atoms with Crippen LogP contribution in [0.5, 0.6) is 0 Å². The molecule has 0 aromatic carbocycles. The van der Waals surface area contributed by atoms with Gasteiger partial charge in [0.05, 0.1) is 6.54 Å². The lowest BCUT2D eigenvalue weighted by Gasteiger charge is -2.54. The fourth-order valence-electron chi connectivity index (χ4n) is 7.67. The molecule has 4 aliphatic carbocycles. The van der Waals surface area contributed by atoms with Gasteiger partial charge in [0.2, 0.25) is 0 Å². The van der Waals surface area contributed by atoms with Gasteiger partial charge in [-0.3, -0.25) is 14.5 Å². The maximum atomic E-state index is 13.5. The van der Waals surface area contributed by atoms with E-state index in [-0.39, 0.29) is 22.4 Å². The molecule has 1 aliphatic heterocycles. The van der Waals surface area contributed by atoms with Crippen LogP contribution in [-0.2, 0) is 9.59 Å². The number of Topliss-reactive ketones (excluding diaryl/α,β-unsaturated/α-hetero) is 1. The van der Waals surface area contributed by atoms with Crippen LogP contribution in [0, 0.1) is 22.7 Å². The van der Waals surface area contributed by atoms with Crippen molar-refractivity contribution in [2.24, 2.45) is 22.7 Å². The molecule has 5 nitrogen and oxygen atoms in total. The summed E-state index contributed by atoms with van der Waals surface area (Å²) >= 11 is 0. The Morgan fingerprint density at radius 1 is 1.13 bits per heavy atom. The molecule has 0 amide bonds. The van der Waals surface area contributed by atoms with Crippen LogP contribution in [0.1, 0.15) is 58.8 Å². The van der Waals surface area contributed by atoms with Gasteiger partial charge in [-0.25, -0.2) is 0 Å². The first-order valence-electron chi connectivity index (χ1n) is 12.3. The third-order valence-electron chi connectivity index (χ3n) is 9.91. The van der Waals surface area contributed by atoms with Crippen LogP contribution >= 0.6 is 0 Å². The largest absolute Gasteiger partial charge is 0.381 e. The number of ketones is 2. The van der Waals surface area contributed by atoms with Crippen LogP contribution in [0.15, 0.2) is 23.3 Å². The second-order valence-electron chi connectivity index (χ2n) is 11.4. The zero-order valence-corrected chi connectivity index (χ0v) is 19.5. The molecule has 5 aliphatic rings. The van der Waals surface area contributed by atoms with Crippen molar-refractivity contribution in [3.8, 4) is 0 Å². The van der Waals surface area contributed by atoms with Gasteiger partial charge in [-0.05, 0) is 63.5 Å². The van der Waals surface area contributed by atoms with Crippen molar-refractivity contribution < 1.29 is 14.7 Å². The molecule has 5 heteroatoms. The highest BCUT2D eigenvalue weighted by atomic mass is 16.3. The maximum Gasteiger partial charge on any atom is 0.178 e. The van der Waals surface area contributed by atoms with Gasteiger partial charge in [-0.2, -0.15) is 0 Å². The van der Waals surface area contributed by atoms with Gasteiger partial charge in [-0.15, -0.1) is 0 Å². The number of likely N-dealkylation sites (N-methyl/N-ethyl adjacent to an activating group) is 1. The summed E-state index contributed by atoms with van der Waals surface area (Å²) in [5, 5.41) is 11.8. The normalized spacial score (nSPS) is 43.5. The van der Waals surface area contributed by atoms with Crippen LogP contribution < -0.4 is 0 Å². The van der Waals surface area contributed by atoms with Crippen molar-refractivity contribution in [2.75, 3.05) is 39.8 Å². The highest BCUT2D eigenvalue weighted by molar-refractivity contribution is 5.92. The summed E-state index contributed by atoms with van der Waals surface area (Å²) in [6.07, 6.45) is 10.1. The molecule has 31 heavy (non-hydrogen) atoms. The highest BCUT2D eigenvalue weighted by Gasteiger charge is 2.64. The lowest BCUT2D eigenvalue weighted by atomic mass is 9.50. The van der Waals surface area contributed by atoms with Gasteiger partial charge < -0.3 is 10.0 Å². The zero-order valence-electron chi connectivity index (χ0n) is 19.5. The Labute approximate surface area is 186 Å². The number of fused-ring (bicyclic) bond motifs is 5. The third-order valence-corrected chi connectivity index (χ3v) is 9.91. The number of carbonyl (C=O) groups excluding carboxylic acids is 2. The Hall–Kier alpha value is -1.30. The molecule has 0 aromatic rings. The van der Waals surface area contributed by atoms with E-state index in [9.17, 15) is 14.7 Å². The molecule has 0 radical (unpaired) electrons. The van der Waals surface area contributed by atoms with E-state index in [1.165, 1.54) is 11.1 Å². The number of hydrogen-bond acceptors (Lipinski definition) is 5. The quantitative estimate of drug-likeness (QED) is 0.703. The molecule has 170 valence electrons. The molecule has 1 heterocycles. The lowest BCUT2D eigenvalue weighted by molar-refractivity contribution is -0.154. The standard InChI is InChI=1S/C26H38N2O3/c1-24-9-6-19(29)16-18(24)4-5-20-21(24)7-10-25(2)22(20)8-11-26(25,31)23(30)17-28-14-12-27(3)13-15-28/h7,16,20,22,31H,4-6,8-15,17H2,1-3H3/t20-,22+,24+,25+,26+/m1/s1. The Kier molecular flexibility index (Phi) is 5.11. The fourth-order valence-corrected chi connectivity index (χ4v) is 7.67. The molecule has 0 bridgehead atoms. The average Bonchev–Trinajstić information content (AvgIpc) is 3.02. The summed E-state index contributed by atoms with van der Waals surface area (Å²) in [5.74, 6) is 1.09. The topological polar surface area (TPSA) is 60.9 Å². The zero-order chi connectivity index (χ0) is 22.0. The molecule has 2 saturated carbocycles. The average molecular weight is 427 g/mol. The molecule has 1 saturated heterocycles. The molecule has 5 atom stereocenters. The van der Waals surface area contributed by atoms with E-state index < -0.39 is 5.60 Å². The van der Waals surface area contributed by atoms with Crippen molar-refractivity contribution in [3.63, 3.8) is 0 Å². The van der Waals surface area contributed by atoms with Crippen molar-refractivity contribution in [3.05, 3.63) is 23.3 Å². The van der Waals surface area contributed by atoms with Crippen LogP contribution in [0.25, 0.3) is 0 Å². The Bertz CT molecular complexity index is 855. The van der Waals surface area contributed by atoms with Gasteiger partial charge in [0.15, 0.2) is 11.6 Å². The number of piperazine rings is 1. The summed E-state index contributed by atoms with van der Waals surface area (Å²) in [5.41, 5.74) is 1.21. The number of allylic oxidation sites excluding steroid dienone is 4. The monoisotopic (exact) mass is 426 g/mol. The van der Waals surface area contributed by atoms with Crippen LogP contribution in [0.2, 0.25) is 0 Å². The lowest BCUT2D eigenvalue weighted by Crippen LogP contribution is -2.58. The third kappa shape index (κ3) is 3.14. The summed E-state index contributed by atoms with van der Waals surface area (Å²) in [7, 11) is 2.12.